The van der Waals surface area contributed by atoms with Gasteiger partial charge in [0.2, 0.25) is 0 Å². The molecule has 51 heavy (non-hydrogen) atoms. The molecule has 0 amide bonds. The lowest BCUT2D eigenvalue weighted by molar-refractivity contribution is -0.145. The van der Waals surface area contributed by atoms with Crippen LogP contribution in [0.25, 0.3) is 33.4 Å². The molecule has 14 heteroatoms. The van der Waals surface area contributed by atoms with Gasteiger partial charge in [-0.05, 0) is 73.5 Å². The lowest BCUT2D eigenvalue weighted by Crippen LogP contribution is -2.31. The summed E-state index contributed by atoms with van der Waals surface area (Å²) in [6.45, 7) is 1.49. The second-order valence-electron chi connectivity index (χ2n) is 12.7. The first kappa shape index (κ1) is 33.4. The number of carbonyl (C=O) groups is 3. The molecular weight excluding hydrogens is 652 g/mol. The van der Waals surface area contributed by atoms with Crippen molar-refractivity contribution in [2.45, 2.75) is 37.8 Å². The SMILES string of the molecule is COC(=O)[C@H](Cc1c[nH]c2ccccc12)n1cc(-c2cc(C(=O)C3CCNCC3)cc(-c3cn([C@@H](Cc4ccc(O)cc4)C(=O)O)nn3)c2)nn1. The van der Waals surface area contributed by atoms with Gasteiger partial charge in [0.15, 0.2) is 17.9 Å². The number of hydrogen-bond acceptors (Lipinski definition) is 10. The second-order valence-corrected chi connectivity index (χ2v) is 12.7. The Morgan fingerprint density at radius 3 is 2.18 bits per heavy atom. The fourth-order valence-corrected chi connectivity index (χ4v) is 6.59. The number of nitrogens with zero attached hydrogens (tertiary/aromatic N) is 6. The molecule has 14 nitrogen and oxygen atoms in total. The number of carboxylic acids is 1. The van der Waals surface area contributed by atoms with E-state index >= 15 is 0 Å². The normalized spacial score (nSPS) is 14.7. The van der Waals surface area contributed by atoms with Crippen LogP contribution in [0.15, 0.2) is 85.3 Å². The van der Waals surface area contributed by atoms with Crippen molar-refractivity contribution < 1.29 is 29.3 Å². The summed E-state index contributed by atoms with van der Waals surface area (Å²) in [6.07, 6.45) is 6.89. The highest BCUT2D eigenvalue weighted by Gasteiger charge is 2.28. The van der Waals surface area contributed by atoms with E-state index in [1.165, 1.54) is 28.6 Å². The number of para-hydroxylation sites is 1. The lowest BCUT2D eigenvalue weighted by Gasteiger charge is -2.21. The van der Waals surface area contributed by atoms with Crippen LogP contribution in [0.5, 0.6) is 5.75 Å². The molecule has 7 rings (SSSR count). The minimum Gasteiger partial charge on any atom is -0.508 e. The molecule has 1 fully saturated rings. The Morgan fingerprint density at radius 1 is 0.882 bits per heavy atom. The molecule has 0 radical (unpaired) electrons. The van der Waals surface area contributed by atoms with E-state index in [2.05, 4.69) is 30.9 Å². The van der Waals surface area contributed by atoms with Crippen molar-refractivity contribution in [1.82, 2.24) is 40.3 Å². The summed E-state index contributed by atoms with van der Waals surface area (Å²) in [5, 5.41) is 41.2. The van der Waals surface area contributed by atoms with Crippen molar-refractivity contribution in [2.24, 2.45) is 5.92 Å². The Hall–Kier alpha value is -6.15. The zero-order valence-corrected chi connectivity index (χ0v) is 27.8. The first-order valence-corrected chi connectivity index (χ1v) is 16.7. The molecule has 0 saturated carbocycles. The van der Waals surface area contributed by atoms with E-state index in [-0.39, 0.29) is 23.9 Å². The van der Waals surface area contributed by atoms with Crippen LogP contribution in [0.2, 0.25) is 0 Å². The molecule has 4 N–H and O–H groups in total. The van der Waals surface area contributed by atoms with Crippen LogP contribution < -0.4 is 5.32 Å². The van der Waals surface area contributed by atoms with Crippen LogP contribution in [-0.4, -0.2) is 83.1 Å². The highest BCUT2D eigenvalue weighted by molar-refractivity contribution is 6.00. The number of piperidine rings is 1. The largest absolute Gasteiger partial charge is 0.508 e. The number of carbonyl (C=O) groups excluding carboxylic acids is 2. The molecular formula is C37H36N8O6. The number of nitrogens with one attached hydrogen (secondary N) is 2. The number of esters is 1. The Morgan fingerprint density at radius 2 is 1.53 bits per heavy atom. The highest BCUT2D eigenvalue weighted by Crippen LogP contribution is 2.31. The number of phenolic OH excluding ortho intramolecular Hbond substituents is 1. The summed E-state index contributed by atoms with van der Waals surface area (Å²) in [5.41, 5.74) is 4.93. The number of aromatic amines is 1. The summed E-state index contributed by atoms with van der Waals surface area (Å²) in [4.78, 5) is 42.5. The topological polar surface area (TPSA) is 190 Å². The maximum Gasteiger partial charge on any atom is 0.331 e. The number of carboxylic acid groups (broad SMARTS) is 1. The summed E-state index contributed by atoms with van der Waals surface area (Å²) in [5.74, 6) is -1.67. The first-order chi connectivity index (χ1) is 24.8. The highest BCUT2D eigenvalue weighted by atomic mass is 16.5. The summed E-state index contributed by atoms with van der Waals surface area (Å²) < 4.78 is 7.92. The number of aliphatic carboxylic acids is 1. The summed E-state index contributed by atoms with van der Waals surface area (Å²) in [7, 11) is 1.33. The Bertz CT molecular complexity index is 2200. The molecule has 0 spiro atoms. The molecule has 4 heterocycles. The van der Waals surface area contributed by atoms with Crippen LogP contribution in [-0.2, 0) is 27.2 Å². The van der Waals surface area contributed by atoms with Crippen LogP contribution in [0.3, 0.4) is 0 Å². The third-order valence-electron chi connectivity index (χ3n) is 9.39. The molecule has 260 valence electrons. The van der Waals surface area contributed by atoms with Gasteiger partial charge in [-0.3, -0.25) is 4.79 Å². The van der Waals surface area contributed by atoms with Gasteiger partial charge in [0.1, 0.15) is 17.1 Å². The predicted molar refractivity (Wildman–Crippen MR) is 186 cm³/mol. The Labute approximate surface area is 292 Å². The third kappa shape index (κ3) is 7.12. The number of ether oxygens (including phenoxy) is 1. The fourth-order valence-electron chi connectivity index (χ4n) is 6.59. The molecule has 0 aliphatic carbocycles. The van der Waals surface area contributed by atoms with Crippen molar-refractivity contribution in [1.29, 1.82) is 0 Å². The van der Waals surface area contributed by atoms with Crippen molar-refractivity contribution in [3.8, 4) is 28.3 Å². The number of benzene rings is 3. The third-order valence-corrected chi connectivity index (χ3v) is 9.39. The number of rotatable bonds is 12. The summed E-state index contributed by atoms with van der Waals surface area (Å²) >= 11 is 0. The van der Waals surface area contributed by atoms with Crippen LogP contribution in [0, 0.1) is 5.92 Å². The fraction of sp³-hybridized carbons (Fsp3) is 0.270. The second kappa shape index (κ2) is 14.4. The molecule has 0 unspecified atom stereocenters. The molecule has 1 saturated heterocycles. The average Bonchev–Trinajstić information content (AvgIpc) is 3.94. The van der Waals surface area contributed by atoms with E-state index in [9.17, 15) is 24.6 Å². The monoisotopic (exact) mass is 688 g/mol. The van der Waals surface area contributed by atoms with Crippen LogP contribution in [0.1, 0.15) is 46.4 Å². The van der Waals surface area contributed by atoms with E-state index in [1.807, 2.05) is 30.5 Å². The van der Waals surface area contributed by atoms with Gasteiger partial charge >= 0.3 is 11.9 Å². The minimum atomic E-state index is -1.10. The van der Waals surface area contributed by atoms with Gasteiger partial charge in [0, 0.05) is 52.5 Å². The van der Waals surface area contributed by atoms with Gasteiger partial charge in [-0.1, -0.05) is 40.8 Å². The number of aromatic hydroxyl groups is 1. The van der Waals surface area contributed by atoms with Gasteiger partial charge in [-0.2, -0.15) is 0 Å². The maximum atomic E-state index is 13.9. The van der Waals surface area contributed by atoms with Crippen molar-refractivity contribution in [2.75, 3.05) is 20.2 Å². The molecule has 1 aliphatic rings. The van der Waals surface area contributed by atoms with Crippen molar-refractivity contribution in [3.05, 3.63) is 102 Å². The average molecular weight is 689 g/mol. The van der Waals surface area contributed by atoms with E-state index in [0.717, 1.165) is 29.6 Å². The quantitative estimate of drug-likeness (QED) is 0.105. The number of fused-ring (bicyclic) bond motifs is 1. The molecule has 0 bridgehead atoms. The van der Waals surface area contributed by atoms with Gasteiger partial charge in [-0.15, -0.1) is 10.2 Å². The predicted octanol–water partition coefficient (Wildman–Crippen LogP) is 4.40. The van der Waals surface area contributed by atoms with Crippen molar-refractivity contribution in [3.63, 3.8) is 0 Å². The number of aromatic nitrogens is 7. The van der Waals surface area contributed by atoms with E-state index in [0.29, 0.717) is 52.9 Å². The number of phenols is 1. The van der Waals surface area contributed by atoms with E-state index in [4.69, 9.17) is 4.74 Å². The van der Waals surface area contributed by atoms with E-state index < -0.39 is 24.0 Å². The number of ketones is 1. The van der Waals surface area contributed by atoms with E-state index in [1.54, 1.807) is 42.7 Å². The minimum absolute atomic E-state index is 0.0121. The summed E-state index contributed by atoms with van der Waals surface area (Å²) in [6, 6.07) is 17.6. The molecule has 6 aromatic rings. The maximum absolute atomic E-state index is 13.9. The van der Waals surface area contributed by atoms with Gasteiger partial charge in [0.05, 0.1) is 19.5 Å². The zero-order chi connectivity index (χ0) is 35.5. The number of Topliss-reactive ketones (excluding diaryl/α,β-unsaturated/α-hetero) is 1. The number of H-pyrrole nitrogens is 1. The Kier molecular flexibility index (Phi) is 9.40. The molecule has 2 atom stereocenters. The molecule has 3 aromatic carbocycles. The first-order valence-electron chi connectivity index (χ1n) is 16.7. The van der Waals surface area contributed by atoms with Crippen LogP contribution in [0.4, 0.5) is 0 Å². The number of hydrogen-bond donors (Lipinski definition) is 4. The standard InChI is InChI=1S/C37H36N8O6/c1-51-37(50)34(18-27-19-39-30-5-3-2-4-29(27)30)45-21-32(41-43-45)25-15-24(16-26(17-25)35(47)23-10-12-38-13-11-23)31-20-44(42-40-31)33(36(48)49)14-22-6-8-28(46)9-7-22/h2-9,15-17,19-21,23,33-34,38-39,46H,10-14,18H2,1H3,(H,48,49)/t33-,34-/m0/s1. The van der Waals surface area contributed by atoms with Gasteiger partial charge < -0.3 is 25.3 Å². The zero-order valence-electron chi connectivity index (χ0n) is 27.8. The van der Waals surface area contributed by atoms with Gasteiger partial charge in [-0.25, -0.2) is 19.0 Å². The lowest BCUT2D eigenvalue weighted by atomic mass is 9.88. The van der Waals surface area contributed by atoms with Gasteiger partial charge in [0.25, 0.3) is 0 Å². The molecule has 3 aromatic heterocycles. The Balaban J connectivity index is 1.24. The molecule has 1 aliphatic heterocycles. The van der Waals surface area contributed by atoms with Crippen molar-refractivity contribution >= 4 is 28.6 Å². The smallest absolute Gasteiger partial charge is 0.331 e. The number of methoxy groups -OCH3 is 1. The van der Waals surface area contributed by atoms with Crippen LogP contribution >= 0.6 is 0 Å².